The van der Waals surface area contributed by atoms with Crippen molar-refractivity contribution in [3.8, 4) is 17.2 Å². The lowest BCUT2D eigenvalue weighted by atomic mass is 9.48. The number of amides is 1. The Morgan fingerprint density at radius 2 is 2.05 bits per heavy atom. The van der Waals surface area contributed by atoms with Crippen molar-refractivity contribution in [3.63, 3.8) is 0 Å². The van der Waals surface area contributed by atoms with Crippen molar-refractivity contribution in [1.29, 1.82) is 0 Å². The maximum Gasteiger partial charge on any atom is 0.573 e. The van der Waals surface area contributed by atoms with Crippen molar-refractivity contribution < 1.29 is 37.3 Å². The molecule has 2 aromatic carbocycles. The number of aliphatic hydroxyl groups is 1. The van der Waals surface area contributed by atoms with Gasteiger partial charge in [0.1, 0.15) is 11.9 Å². The van der Waals surface area contributed by atoms with Gasteiger partial charge >= 0.3 is 6.36 Å². The predicted molar refractivity (Wildman–Crippen MR) is 151 cm³/mol. The van der Waals surface area contributed by atoms with Gasteiger partial charge < -0.3 is 29.1 Å². The quantitative estimate of drug-likeness (QED) is 0.464. The van der Waals surface area contributed by atoms with Gasteiger partial charge in [0.25, 0.3) is 0 Å². The minimum atomic E-state index is -4.80. The number of likely N-dealkylation sites (N-methyl/N-ethyl adjacent to an activating group) is 1. The summed E-state index contributed by atoms with van der Waals surface area (Å²) in [6.07, 6.45) is 0.116. The molecule has 10 heteroatoms. The monoisotopic (exact) mass is 586 g/mol. The number of rotatable bonds is 7. The number of nitrogens with zero attached hydrogens (tertiary/aromatic N) is 2. The molecule has 0 aromatic heterocycles. The normalized spacial score (nSPS) is 29.8. The molecular formula is C32H37F3N2O5. The van der Waals surface area contributed by atoms with E-state index in [0.717, 1.165) is 24.1 Å². The summed E-state index contributed by atoms with van der Waals surface area (Å²) in [4.78, 5) is 18.0. The Hall–Kier alpha value is -3.24. The summed E-state index contributed by atoms with van der Waals surface area (Å²) in [5.41, 5.74) is 0.880. The van der Waals surface area contributed by atoms with E-state index < -0.39 is 23.5 Å². The number of hydrogen-bond acceptors (Lipinski definition) is 6. The Kier molecular flexibility index (Phi) is 7.00. The molecule has 1 spiro atoms. The van der Waals surface area contributed by atoms with Gasteiger partial charge in [0, 0.05) is 24.2 Å². The molecule has 2 aliphatic carbocycles. The molecule has 2 aromatic rings. The third-order valence-corrected chi connectivity index (χ3v) is 9.66. The van der Waals surface area contributed by atoms with E-state index in [1.165, 1.54) is 30.4 Å². The first-order valence-corrected chi connectivity index (χ1v) is 14.5. The Labute approximate surface area is 243 Å². The Balaban J connectivity index is 1.37. The van der Waals surface area contributed by atoms with Crippen LogP contribution in [0.25, 0.3) is 6.08 Å². The lowest BCUT2D eigenvalue weighted by molar-refractivity contribution is -0.274. The largest absolute Gasteiger partial charge is 0.573 e. The zero-order valence-corrected chi connectivity index (χ0v) is 24.3. The van der Waals surface area contributed by atoms with Crippen LogP contribution in [0.15, 0.2) is 42.5 Å². The fourth-order valence-corrected chi connectivity index (χ4v) is 8.06. The molecule has 7 nitrogen and oxygen atoms in total. The van der Waals surface area contributed by atoms with Gasteiger partial charge in [-0.05, 0) is 80.6 Å². The zero-order valence-electron chi connectivity index (χ0n) is 24.3. The Bertz CT molecular complexity index is 1410. The van der Waals surface area contributed by atoms with E-state index in [1.807, 2.05) is 24.8 Å². The lowest BCUT2D eigenvalue weighted by Gasteiger charge is -2.64. The van der Waals surface area contributed by atoms with Crippen LogP contribution in [-0.2, 0) is 16.6 Å². The first-order chi connectivity index (χ1) is 19.9. The number of hydrogen-bond donors (Lipinski definition) is 1. The molecule has 42 heavy (non-hydrogen) atoms. The average molecular weight is 587 g/mol. The minimum absolute atomic E-state index is 0.0644. The van der Waals surface area contributed by atoms with Gasteiger partial charge in [0.15, 0.2) is 11.5 Å². The highest BCUT2D eigenvalue weighted by atomic mass is 19.4. The number of alkyl halides is 3. The van der Waals surface area contributed by atoms with Gasteiger partial charge in [0.2, 0.25) is 5.91 Å². The Morgan fingerprint density at radius 3 is 2.76 bits per heavy atom. The highest BCUT2D eigenvalue weighted by Gasteiger charge is 2.73. The number of likely N-dealkylation sites (tertiary alicyclic amines) is 1. The summed E-state index contributed by atoms with van der Waals surface area (Å²) in [6, 6.07) is 9.15. The van der Waals surface area contributed by atoms with Crippen LogP contribution < -0.4 is 14.2 Å². The maximum atomic E-state index is 13.9. The van der Waals surface area contributed by atoms with Gasteiger partial charge in [0.05, 0.1) is 24.2 Å². The molecule has 226 valence electrons. The molecule has 0 radical (unpaired) electrons. The Morgan fingerprint density at radius 1 is 1.26 bits per heavy atom. The SMILES string of the molecule is COc1ccc2c3c1OC1C(N(CC(C)C)C(=O)/C=C/c4cccc(OC(F)(F)F)c4)CC[C@@]4(O)[C@@H](C2)N(C)CC[C@]314. The van der Waals surface area contributed by atoms with Crippen LogP contribution in [0.1, 0.15) is 49.8 Å². The number of methoxy groups -OCH3 is 1. The van der Waals surface area contributed by atoms with Crippen LogP contribution in [-0.4, -0.2) is 78.2 Å². The van der Waals surface area contributed by atoms with Crippen molar-refractivity contribution in [2.45, 2.75) is 75.1 Å². The zero-order chi connectivity index (χ0) is 30.0. The molecule has 1 saturated carbocycles. The summed E-state index contributed by atoms with van der Waals surface area (Å²) < 4.78 is 54.7. The second-order valence-corrected chi connectivity index (χ2v) is 12.5. The van der Waals surface area contributed by atoms with Crippen molar-refractivity contribution >= 4 is 12.0 Å². The van der Waals surface area contributed by atoms with Gasteiger partial charge in [-0.1, -0.05) is 32.0 Å². The predicted octanol–water partition coefficient (Wildman–Crippen LogP) is 4.94. The topological polar surface area (TPSA) is 71.5 Å². The van der Waals surface area contributed by atoms with Crippen molar-refractivity contribution in [3.05, 3.63) is 59.2 Å². The molecule has 4 aliphatic rings. The van der Waals surface area contributed by atoms with E-state index in [4.69, 9.17) is 9.47 Å². The molecule has 5 atom stereocenters. The van der Waals surface area contributed by atoms with Gasteiger partial charge in [-0.2, -0.15) is 0 Å². The first kappa shape index (κ1) is 28.9. The molecule has 2 fully saturated rings. The molecule has 2 heterocycles. The van der Waals surface area contributed by atoms with E-state index in [1.54, 1.807) is 13.2 Å². The summed E-state index contributed by atoms with van der Waals surface area (Å²) in [5, 5.41) is 12.6. The third-order valence-electron chi connectivity index (χ3n) is 9.66. The number of ether oxygens (including phenoxy) is 3. The van der Waals surface area contributed by atoms with Gasteiger partial charge in [-0.3, -0.25) is 4.79 Å². The maximum absolute atomic E-state index is 13.9. The number of benzene rings is 2. The second kappa shape index (κ2) is 10.2. The summed E-state index contributed by atoms with van der Waals surface area (Å²) in [7, 11) is 3.68. The van der Waals surface area contributed by atoms with E-state index in [0.29, 0.717) is 42.9 Å². The molecule has 2 bridgehead atoms. The minimum Gasteiger partial charge on any atom is -0.493 e. The van der Waals surface area contributed by atoms with E-state index in [2.05, 4.69) is 22.8 Å². The van der Waals surface area contributed by atoms with Gasteiger partial charge in [-0.25, -0.2) is 0 Å². The number of carbonyl (C=O) groups is 1. The lowest BCUT2D eigenvalue weighted by Crippen LogP contribution is -2.78. The van der Waals surface area contributed by atoms with E-state index >= 15 is 0 Å². The van der Waals surface area contributed by atoms with Crippen LogP contribution >= 0.6 is 0 Å². The number of piperidine rings is 1. The van der Waals surface area contributed by atoms with Crippen molar-refractivity contribution in [2.24, 2.45) is 5.92 Å². The van der Waals surface area contributed by atoms with E-state index in [9.17, 15) is 23.1 Å². The molecular weight excluding hydrogens is 549 g/mol. The third kappa shape index (κ3) is 4.45. The smallest absolute Gasteiger partial charge is 0.493 e. The fraction of sp³-hybridized carbons (Fsp3) is 0.531. The second-order valence-electron chi connectivity index (χ2n) is 12.5. The van der Waals surface area contributed by atoms with Crippen LogP contribution in [0.5, 0.6) is 17.2 Å². The van der Waals surface area contributed by atoms with E-state index in [-0.39, 0.29) is 29.7 Å². The number of carbonyl (C=O) groups excluding carboxylic acids is 1. The highest BCUT2D eigenvalue weighted by Crippen LogP contribution is 2.65. The van der Waals surface area contributed by atoms with Crippen LogP contribution in [0.4, 0.5) is 13.2 Å². The summed E-state index contributed by atoms with van der Waals surface area (Å²) in [6.45, 7) is 5.33. The summed E-state index contributed by atoms with van der Waals surface area (Å²) in [5.74, 6) is 0.832. The average Bonchev–Trinajstić information content (AvgIpc) is 3.27. The number of halogens is 3. The first-order valence-electron chi connectivity index (χ1n) is 14.5. The standard InChI is InChI=1S/C32H37F3N2O5/c1-19(2)18-37(26(38)11-8-20-6-5-7-22(16-20)42-32(33,34)35)23-12-13-31(39)25-17-21-9-10-24(40-4)28-27(21)30(31,29(23)41-28)14-15-36(25)3/h5-11,16,19,23,25,29,39H,12-15,17-18H2,1-4H3/b11-8+/t23?,25-,29?,30+,31-/m1/s1. The van der Waals surface area contributed by atoms with Crippen molar-refractivity contribution in [1.82, 2.24) is 9.80 Å². The molecule has 6 rings (SSSR count). The van der Waals surface area contributed by atoms with Gasteiger partial charge in [-0.15, -0.1) is 13.2 Å². The molecule has 1 amide bonds. The van der Waals surface area contributed by atoms with Crippen molar-refractivity contribution in [2.75, 3.05) is 27.2 Å². The molecule has 2 aliphatic heterocycles. The molecule has 2 unspecified atom stereocenters. The fourth-order valence-electron chi connectivity index (χ4n) is 8.06. The highest BCUT2D eigenvalue weighted by molar-refractivity contribution is 5.92. The molecule has 1 saturated heterocycles. The van der Waals surface area contributed by atoms with Crippen LogP contribution in [0.2, 0.25) is 0 Å². The summed E-state index contributed by atoms with van der Waals surface area (Å²) >= 11 is 0. The molecule has 1 N–H and O–H groups in total. The van der Waals surface area contributed by atoms with Crippen LogP contribution in [0.3, 0.4) is 0 Å². The van der Waals surface area contributed by atoms with Crippen LogP contribution in [0, 0.1) is 5.92 Å².